The highest BCUT2D eigenvalue weighted by molar-refractivity contribution is 6.62. The van der Waals surface area contributed by atoms with Crippen molar-refractivity contribution >= 4 is 12.6 Å². The van der Waals surface area contributed by atoms with Crippen molar-refractivity contribution in [3.05, 3.63) is 138 Å². The minimum atomic E-state index is -0.353. The molecular formula is C37H31BO2. The molecule has 0 atom stereocenters. The highest BCUT2D eigenvalue weighted by Crippen LogP contribution is 2.62. The molecule has 0 saturated carbocycles. The van der Waals surface area contributed by atoms with E-state index in [1.807, 2.05) is 0 Å². The van der Waals surface area contributed by atoms with E-state index in [1.54, 1.807) is 0 Å². The average Bonchev–Trinajstić information content (AvgIpc) is 3.52. The van der Waals surface area contributed by atoms with E-state index >= 15 is 0 Å². The zero-order valence-corrected chi connectivity index (χ0v) is 23.4. The first-order valence-corrected chi connectivity index (χ1v) is 14.2. The van der Waals surface area contributed by atoms with Crippen molar-refractivity contribution in [2.75, 3.05) is 0 Å². The molecule has 0 aromatic heterocycles. The summed E-state index contributed by atoms with van der Waals surface area (Å²) in [5.41, 5.74) is 13.3. The van der Waals surface area contributed by atoms with Gasteiger partial charge in [0.05, 0.1) is 16.6 Å². The van der Waals surface area contributed by atoms with Crippen LogP contribution in [0.15, 0.2) is 115 Å². The van der Waals surface area contributed by atoms with Crippen LogP contribution in [0.3, 0.4) is 0 Å². The lowest BCUT2D eigenvalue weighted by Gasteiger charge is -2.32. The van der Waals surface area contributed by atoms with Crippen molar-refractivity contribution in [2.45, 2.75) is 44.3 Å². The van der Waals surface area contributed by atoms with Gasteiger partial charge in [0.15, 0.2) is 0 Å². The zero-order chi connectivity index (χ0) is 27.3. The van der Waals surface area contributed by atoms with Gasteiger partial charge < -0.3 is 9.31 Å². The number of rotatable bonds is 2. The number of hydrogen-bond donors (Lipinski definition) is 0. The van der Waals surface area contributed by atoms with Crippen LogP contribution < -0.4 is 5.46 Å². The Labute approximate surface area is 236 Å². The first-order valence-electron chi connectivity index (χ1n) is 14.2. The Morgan fingerprint density at radius 3 is 1.40 bits per heavy atom. The Kier molecular flexibility index (Phi) is 4.83. The molecule has 0 amide bonds. The van der Waals surface area contributed by atoms with Gasteiger partial charge in [-0.25, -0.2) is 0 Å². The molecule has 1 spiro atoms. The van der Waals surface area contributed by atoms with Crippen LogP contribution in [0.5, 0.6) is 0 Å². The minimum absolute atomic E-state index is 0.293. The van der Waals surface area contributed by atoms with Crippen molar-refractivity contribution < 1.29 is 9.31 Å². The second kappa shape index (κ2) is 8.07. The first kappa shape index (κ1) is 23.9. The first-order chi connectivity index (χ1) is 19.3. The Balaban J connectivity index is 1.26. The van der Waals surface area contributed by atoms with Gasteiger partial charge in [-0.2, -0.15) is 0 Å². The molecule has 0 radical (unpaired) electrons. The van der Waals surface area contributed by atoms with Crippen LogP contribution in [0, 0.1) is 0 Å². The summed E-state index contributed by atoms with van der Waals surface area (Å²) in [6, 6.07) is 42.6. The molecule has 3 heteroatoms. The Hall–Kier alpha value is -3.92. The maximum atomic E-state index is 6.28. The fraction of sp³-hybridized carbons (Fsp3) is 0.189. The fourth-order valence-corrected chi connectivity index (χ4v) is 7.09. The summed E-state index contributed by atoms with van der Waals surface area (Å²) in [6.07, 6.45) is 0. The molecule has 1 heterocycles. The second-order valence-corrected chi connectivity index (χ2v) is 12.4. The number of benzene rings is 5. The Bertz CT molecular complexity index is 1750. The molecule has 2 nitrogen and oxygen atoms in total. The summed E-state index contributed by atoms with van der Waals surface area (Å²) in [5.74, 6) is 0. The molecule has 1 fully saturated rings. The molecule has 1 saturated heterocycles. The van der Waals surface area contributed by atoms with Crippen LogP contribution in [0.4, 0.5) is 0 Å². The molecule has 5 aromatic rings. The highest BCUT2D eigenvalue weighted by atomic mass is 16.7. The van der Waals surface area contributed by atoms with Gasteiger partial charge in [-0.05, 0) is 94.9 Å². The molecular weight excluding hydrogens is 487 g/mol. The van der Waals surface area contributed by atoms with Gasteiger partial charge in [0, 0.05) is 0 Å². The molecule has 5 aromatic carbocycles. The Morgan fingerprint density at radius 1 is 0.450 bits per heavy atom. The van der Waals surface area contributed by atoms with Gasteiger partial charge in [0.2, 0.25) is 0 Å². The van der Waals surface area contributed by atoms with Crippen molar-refractivity contribution in [1.82, 2.24) is 0 Å². The standard InChI is InChI=1S/C37H31BO2/c1-35(2)36(3,4)40-38(39-35)26-20-17-24(18-21-26)25-19-22-34-30(23-25)29-13-7-10-16-33(29)37(34)31-14-8-5-11-27(31)28-12-6-9-15-32(28)37/h5-23H,1-4H3. The van der Waals surface area contributed by atoms with Gasteiger partial charge in [-0.3, -0.25) is 0 Å². The maximum absolute atomic E-state index is 6.28. The third-order valence-electron chi connectivity index (χ3n) is 9.77. The van der Waals surface area contributed by atoms with Gasteiger partial charge in [0.1, 0.15) is 0 Å². The molecule has 0 N–H and O–H groups in total. The van der Waals surface area contributed by atoms with Crippen molar-refractivity contribution in [3.8, 4) is 33.4 Å². The van der Waals surface area contributed by atoms with E-state index in [0.29, 0.717) is 0 Å². The molecule has 194 valence electrons. The lowest BCUT2D eigenvalue weighted by Crippen LogP contribution is -2.41. The quantitative estimate of drug-likeness (QED) is 0.216. The Morgan fingerprint density at radius 2 is 0.875 bits per heavy atom. The van der Waals surface area contributed by atoms with Crippen molar-refractivity contribution in [1.29, 1.82) is 0 Å². The number of hydrogen-bond acceptors (Lipinski definition) is 2. The zero-order valence-electron chi connectivity index (χ0n) is 23.4. The minimum Gasteiger partial charge on any atom is -0.399 e. The summed E-state index contributed by atoms with van der Waals surface area (Å²) in [5, 5.41) is 0. The van der Waals surface area contributed by atoms with E-state index in [0.717, 1.165) is 5.46 Å². The summed E-state index contributed by atoms with van der Waals surface area (Å²) in [6.45, 7) is 8.38. The molecule has 0 bridgehead atoms. The SMILES string of the molecule is CC1(C)OB(c2ccc(-c3ccc4c(c3)-c3ccccc3C43c4ccccc4-c4ccccc43)cc2)OC1(C)C. The smallest absolute Gasteiger partial charge is 0.399 e. The average molecular weight is 518 g/mol. The summed E-state index contributed by atoms with van der Waals surface area (Å²) in [7, 11) is -0.353. The van der Waals surface area contributed by atoms with E-state index in [2.05, 4.69) is 143 Å². The topological polar surface area (TPSA) is 18.5 Å². The molecule has 3 aliphatic rings. The lowest BCUT2D eigenvalue weighted by atomic mass is 9.70. The van der Waals surface area contributed by atoms with Gasteiger partial charge in [-0.15, -0.1) is 0 Å². The van der Waals surface area contributed by atoms with Gasteiger partial charge >= 0.3 is 7.12 Å². The third kappa shape index (κ3) is 3.02. The van der Waals surface area contributed by atoms with Crippen LogP contribution in [0.25, 0.3) is 33.4 Å². The van der Waals surface area contributed by atoms with Crippen LogP contribution in [-0.2, 0) is 14.7 Å². The van der Waals surface area contributed by atoms with Crippen LogP contribution >= 0.6 is 0 Å². The van der Waals surface area contributed by atoms with E-state index in [1.165, 1.54) is 55.6 Å². The summed E-state index contributed by atoms with van der Waals surface area (Å²) >= 11 is 0. The summed E-state index contributed by atoms with van der Waals surface area (Å²) in [4.78, 5) is 0. The summed E-state index contributed by atoms with van der Waals surface area (Å²) < 4.78 is 12.6. The monoisotopic (exact) mass is 518 g/mol. The predicted octanol–water partition coefficient (Wildman–Crippen LogP) is 8.00. The fourth-order valence-electron chi connectivity index (χ4n) is 7.09. The molecule has 2 aliphatic carbocycles. The molecule has 1 aliphatic heterocycles. The molecule has 8 rings (SSSR count). The van der Waals surface area contributed by atoms with E-state index < -0.39 is 0 Å². The van der Waals surface area contributed by atoms with Crippen LogP contribution in [0.1, 0.15) is 49.9 Å². The largest absolute Gasteiger partial charge is 0.494 e. The maximum Gasteiger partial charge on any atom is 0.494 e. The second-order valence-electron chi connectivity index (χ2n) is 12.4. The normalized spacial score (nSPS) is 18.4. The van der Waals surface area contributed by atoms with Crippen LogP contribution in [0.2, 0.25) is 0 Å². The van der Waals surface area contributed by atoms with Crippen LogP contribution in [-0.4, -0.2) is 18.3 Å². The van der Waals surface area contributed by atoms with E-state index in [-0.39, 0.29) is 23.7 Å². The molecule has 0 unspecified atom stereocenters. The van der Waals surface area contributed by atoms with Gasteiger partial charge in [-0.1, -0.05) is 109 Å². The predicted molar refractivity (Wildman–Crippen MR) is 164 cm³/mol. The van der Waals surface area contributed by atoms with E-state index in [4.69, 9.17) is 9.31 Å². The molecule has 40 heavy (non-hydrogen) atoms. The lowest BCUT2D eigenvalue weighted by molar-refractivity contribution is 0.00578. The van der Waals surface area contributed by atoms with Gasteiger partial charge in [0.25, 0.3) is 0 Å². The van der Waals surface area contributed by atoms with E-state index in [9.17, 15) is 0 Å². The third-order valence-corrected chi connectivity index (χ3v) is 9.77. The van der Waals surface area contributed by atoms with Crippen molar-refractivity contribution in [3.63, 3.8) is 0 Å². The highest BCUT2D eigenvalue weighted by Gasteiger charge is 2.52. The van der Waals surface area contributed by atoms with Crippen molar-refractivity contribution in [2.24, 2.45) is 0 Å². The number of fused-ring (bicyclic) bond motifs is 10.